The molecule has 0 fully saturated rings. The molecule has 0 atom stereocenters. The van der Waals surface area contributed by atoms with Crippen molar-refractivity contribution in [3.05, 3.63) is 114 Å². The predicted octanol–water partition coefficient (Wildman–Crippen LogP) is 5.90. The number of amides is 1. The average molecular weight is 470 g/mol. The van der Waals surface area contributed by atoms with Crippen LogP contribution in [0.2, 0.25) is 0 Å². The van der Waals surface area contributed by atoms with Crippen molar-refractivity contribution in [1.29, 1.82) is 0 Å². The van der Waals surface area contributed by atoms with E-state index in [2.05, 4.69) is 24.1 Å². The Kier molecular flexibility index (Phi) is 7.60. The van der Waals surface area contributed by atoms with E-state index >= 15 is 0 Å². The lowest BCUT2D eigenvalue weighted by Gasteiger charge is -2.10. The third-order valence-corrected chi connectivity index (χ3v) is 6.49. The second-order valence-corrected chi connectivity index (χ2v) is 9.23. The van der Waals surface area contributed by atoms with E-state index in [9.17, 15) is 9.59 Å². The molecule has 172 valence electrons. The molecule has 34 heavy (non-hydrogen) atoms. The van der Waals surface area contributed by atoms with Gasteiger partial charge >= 0.3 is 0 Å². The maximum absolute atomic E-state index is 12.7. The lowest BCUT2D eigenvalue weighted by molar-refractivity contribution is 0.0950. The molecule has 0 aliphatic carbocycles. The fraction of sp³-hybridized carbons (Fsp3) is 0.179. The maximum atomic E-state index is 12.7. The Hall–Kier alpha value is -3.64. The highest BCUT2D eigenvalue weighted by Crippen LogP contribution is 2.23. The number of imidazole rings is 1. The summed E-state index contributed by atoms with van der Waals surface area (Å²) in [4.78, 5) is 29.8. The zero-order chi connectivity index (χ0) is 23.9. The Morgan fingerprint density at radius 2 is 1.71 bits per heavy atom. The molecule has 0 bridgehead atoms. The van der Waals surface area contributed by atoms with Gasteiger partial charge in [0.25, 0.3) is 5.91 Å². The summed E-state index contributed by atoms with van der Waals surface area (Å²) in [6.45, 7) is 4.74. The molecule has 6 heteroatoms. The number of rotatable bonds is 9. The minimum atomic E-state index is -0.139. The Labute approximate surface area is 204 Å². The highest BCUT2D eigenvalue weighted by atomic mass is 32.2. The molecular formula is C28H27N3O2S. The highest BCUT2D eigenvalue weighted by molar-refractivity contribution is 7.99. The zero-order valence-electron chi connectivity index (χ0n) is 19.3. The first kappa shape index (κ1) is 23.5. The number of thioether (sulfide) groups is 1. The van der Waals surface area contributed by atoms with Gasteiger partial charge in [0.05, 0.1) is 5.75 Å². The normalized spacial score (nSPS) is 10.9. The van der Waals surface area contributed by atoms with Gasteiger partial charge in [0, 0.05) is 35.8 Å². The first-order chi connectivity index (χ1) is 16.5. The second-order valence-electron chi connectivity index (χ2n) is 8.29. The van der Waals surface area contributed by atoms with Crippen molar-refractivity contribution < 1.29 is 9.59 Å². The number of benzene rings is 3. The molecule has 0 saturated heterocycles. The van der Waals surface area contributed by atoms with Crippen molar-refractivity contribution in [2.24, 2.45) is 0 Å². The first-order valence-corrected chi connectivity index (χ1v) is 12.2. The van der Waals surface area contributed by atoms with Crippen molar-refractivity contribution in [3.63, 3.8) is 0 Å². The Bertz CT molecular complexity index is 1260. The van der Waals surface area contributed by atoms with Crippen molar-refractivity contribution in [3.8, 4) is 5.69 Å². The lowest BCUT2D eigenvalue weighted by Crippen LogP contribution is -2.22. The van der Waals surface area contributed by atoms with Crippen LogP contribution >= 0.6 is 11.8 Å². The number of carbonyl (C=O) groups is 2. The quantitative estimate of drug-likeness (QED) is 0.245. The number of nitrogens with one attached hydrogen (secondary N) is 1. The van der Waals surface area contributed by atoms with Gasteiger partial charge in [-0.1, -0.05) is 86.3 Å². The van der Waals surface area contributed by atoms with Gasteiger partial charge in [-0.05, 0) is 35.2 Å². The van der Waals surface area contributed by atoms with Crippen LogP contribution in [0.1, 0.15) is 51.6 Å². The summed E-state index contributed by atoms with van der Waals surface area (Å²) in [5.41, 5.74) is 4.35. The molecule has 5 nitrogen and oxygen atoms in total. The van der Waals surface area contributed by atoms with E-state index in [0.29, 0.717) is 28.7 Å². The van der Waals surface area contributed by atoms with Crippen molar-refractivity contribution in [1.82, 2.24) is 14.9 Å². The maximum Gasteiger partial charge on any atom is 0.251 e. The third kappa shape index (κ3) is 5.83. The number of nitrogens with zero attached hydrogens (tertiary/aromatic N) is 2. The molecule has 1 heterocycles. The standard InChI is InChI=1S/C28H27N3O2S/c1-20(2)22-11-13-23(14-12-22)26(32)19-34-28-29-15-16-31(28)25-10-6-9-24(17-25)27(33)30-18-21-7-4-3-5-8-21/h3-17,20H,18-19H2,1-2H3,(H,30,33). The summed E-state index contributed by atoms with van der Waals surface area (Å²) in [6, 6.07) is 25.0. The van der Waals surface area contributed by atoms with Gasteiger partial charge in [-0.2, -0.15) is 0 Å². The smallest absolute Gasteiger partial charge is 0.251 e. The van der Waals surface area contributed by atoms with Crippen molar-refractivity contribution in [2.75, 3.05) is 5.75 Å². The summed E-state index contributed by atoms with van der Waals surface area (Å²) in [7, 11) is 0. The van der Waals surface area contributed by atoms with E-state index in [0.717, 1.165) is 11.3 Å². The molecule has 0 aliphatic heterocycles. The van der Waals surface area contributed by atoms with E-state index in [1.54, 1.807) is 12.3 Å². The molecule has 1 amide bonds. The zero-order valence-corrected chi connectivity index (χ0v) is 20.1. The van der Waals surface area contributed by atoms with Crippen LogP contribution in [0.3, 0.4) is 0 Å². The van der Waals surface area contributed by atoms with Gasteiger partial charge in [-0.3, -0.25) is 14.2 Å². The summed E-state index contributed by atoms with van der Waals surface area (Å²) in [5, 5.41) is 3.66. The largest absolute Gasteiger partial charge is 0.348 e. The molecule has 0 saturated carbocycles. The Morgan fingerprint density at radius 3 is 2.44 bits per heavy atom. The molecule has 0 radical (unpaired) electrons. The molecule has 4 rings (SSSR count). The molecule has 0 aliphatic rings. The molecule has 3 aromatic carbocycles. The van der Waals surface area contributed by atoms with Gasteiger partial charge < -0.3 is 5.32 Å². The minimum absolute atomic E-state index is 0.0592. The second kappa shape index (κ2) is 11.0. The van der Waals surface area contributed by atoms with Gasteiger partial charge in [0.2, 0.25) is 0 Å². The number of ketones is 1. The van der Waals surface area contributed by atoms with E-state index < -0.39 is 0 Å². The molecular weight excluding hydrogens is 442 g/mol. The molecule has 0 spiro atoms. The number of carbonyl (C=O) groups excluding carboxylic acids is 2. The van der Waals surface area contributed by atoms with Crippen LogP contribution < -0.4 is 5.32 Å². The number of aromatic nitrogens is 2. The summed E-state index contributed by atoms with van der Waals surface area (Å²) in [6.07, 6.45) is 3.54. The third-order valence-electron chi connectivity index (χ3n) is 5.52. The highest BCUT2D eigenvalue weighted by Gasteiger charge is 2.13. The van der Waals surface area contributed by atoms with Gasteiger partial charge in [0.1, 0.15) is 0 Å². The van der Waals surface area contributed by atoms with Gasteiger partial charge in [-0.15, -0.1) is 0 Å². The van der Waals surface area contributed by atoms with Gasteiger partial charge in [0.15, 0.2) is 10.9 Å². The molecule has 1 N–H and O–H groups in total. The van der Waals surface area contributed by atoms with Crippen LogP contribution in [0.25, 0.3) is 5.69 Å². The summed E-state index contributed by atoms with van der Waals surface area (Å²) in [5.74, 6) is 0.640. The first-order valence-electron chi connectivity index (χ1n) is 11.2. The molecule has 0 unspecified atom stereocenters. The fourth-order valence-electron chi connectivity index (χ4n) is 3.54. The Morgan fingerprint density at radius 1 is 0.941 bits per heavy atom. The van der Waals surface area contributed by atoms with E-state index in [1.165, 1.54) is 17.3 Å². The topological polar surface area (TPSA) is 64.0 Å². The van der Waals surface area contributed by atoms with Crippen molar-refractivity contribution >= 4 is 23.5 Å². The number of Topliss-reactive ketones (excluding diaryl/α,β-unsaturated/α-hetero) is 1. The van der Waals surface area contributed by atoms with Gasteiger partial charge in [-0.25, -0.2) is 4.98 Å². The minimum Gasteiger partial charge on any atom is -0.348 e. The predicted molar refractivity (Wildman–Crippen MR) is 137 cm³/mol. The average Bonchev–Trinajstić information content (AvgIpc) is 3.35. The van der Waals surface area contributed by atoms with Crippen molar-refractivity contribution in [2.45, 2.75) is 31.5 Å². The molecule has 1 aromatic heterocycles. The lowest BCUT2D eigenvalue weighted by atomic mass is 10.0. The van der Waals surface area contributed by atoms with Crippen LogP contribution in [0.5, 0.6) is 0 Å². The SMILES string of the molecule is CC(C)c1ccc(C(=O)CSc2nccn2-c2cccc(C(=O)NCc3ccccc3)c2)cc1. The monoisotopic (exact) mass is 469 g/mol. The van der Waals surface area contributed by atoms with Crippen LogP contribution in [0.4, 0.5) is 0 Å². The van der Waals surface area contributed by atoms with Crippen LogP contribution in [0.15, 0.2) is 96.4 Å². The van der Waals surface area contributed by atoms with Crippen LogP contribution in [-0.4, -0.2) is 27.0 Å². The van der Waals surface area contributed by atoms with E-state index in [1.807, 2.05) is 83.6 Å². The van der Waals surface area contributed by atoms with E-state index in [-0.39, 0.29) is 17.4 Å². The summed E-state index contributed by atoms with van der Waals surface area (Å²) >= 11 is 1.39. The van der Waals surface area contributed by atoms with Crippen LogP contribution in [0, 0.1) is 0 Å². The Balaban J connectivity index is 1.41. The van der Waals surface area contributed by atoms with E-state index in [4.69, 9.17) is 0 Å². The van der Waals surface area contributed by atoms with Crippen LogP contribution in [-0.2, 0) is 6.54 Å². The summed E-state index contributed by atoms with van der Waals surface area (Å²) < 4.78 is 1.90. The fourth-order valence-corrected chi connectivity index (χ4v) is 4.41. The number of hydrogen-bond donors (Lipinski definition) is 1. The molecule has 4 aromatic rings. The number of hydrogen-bond acceptors (Lipinski definition) is 4.